The first-order valence-corrected chi connectivity index (χ1v) is 6.18. The van der Waals surface area contributed by atoms with Gasteiger partial charge in [0.15, 0.2) is 0 Å². The highest BCUT2D eigenvalue weighted by atomic mass is 14.8. The molecule has 0 aliphatic rings. The molecular formula is C12H30N2. The zero-order chi connectivity index (χ0) is 11.1. The second-order valence-electron chi connectivity index (χ2n) is 3.56. The summed E-state index contributed by atoms with van der Waals surface area (Å²) >= 11 is 0. The normalized spacial score (nSPS) is 9.43. The Kier molecular flexibility index (Phi) is 21.8. The maximum Gasteiger partial charge on any atom is -0.00490 e. The third-order valence-corrected chi connectivity index (χ3v) is 1.91. The first-order chi connectivity index (χ1) is 6.83. The summed E-state index contributed by atoms with van der Waals surface area (Å²) in [5.74, 6) is 0. The van der Waals surface area contributed by atoms with Crippen molar-refractivity contribution in [1.82, 2.24) is 10.6 Å². The van der Waals surface area contributed by atoms with Crippen LogP contribution in [0.25, 0.3) is 0 Å². The van der Waals surface area contributed by atoms with E-state index >= 15 is 0 Å². The fourth-order valence-corrected chi connectivity index (χ4v) is 0.979. The molecule has 0 bridgehead atoms. The van der Waals surface area contributed by atoms with E-state index in [0.717, 1.165) is 6.54 Å². The van der Waals surface area contributed by atoms with Crippen molar-refractivity contribution in [2.24, 2.45) is 0 Å². The molecule has 0 atom stereocenters. The molecule has 88 valence electrons. The van der Waals surface area contributed by atoms with Crippen LogP contribution < -0.4 is 10.6 Å². The number of hydrogen-bond donors (Lipinski definition) is 2. The predicted octanol–water partition coefficient (Wildman–Crippen LogP) is 2.79. The largest absolute Gasteiger partial charge is 0.320 e. The van der Waals surface area contributed by atoms with Crippen LogP contribution in [0.15, 0.2) is 0 Å². The van der Waals surface area contributed by atoms with Crippen molar-refractivity contribution in [3.05, 3.63) is 0 Å². The number of hydrogen-bond acceptors (Lipinski definition) is 2. The summed E-state index contributed by atoms with van der Waals surface area (Å²) in [7, 11) is 1.96. The fourth-order valence-electron chi connectivity index (χ4n) is 0.979. The van der Waals surface area contributed by atoms with Gasteiger partial charge < -0.3 is 10.6 Å². The molecule has 0 aromatic heterocycles. The van der Waals surface area contributed by atoms with Gasteiger partial charge in [-0.15, -0.1) is 0 Å². The van der Waals surface area contributed by atoms with E-state index in [-0.39, 0.29) is 0 Å². The number of unbranched alkanes of at least 4 members (excludes halogenated alkanes) is 2. The van der Waals surface area contributed by atoms with Gasteiger partial charge in [-0.1, -0.05) is 33.6 Å². The van der Waals surface area contributed by atoms with Gasteiger partial charge in [0.2, 0.25) is 0 Å². The summed E-state index contributed by atoms with van der Waals surface area (Å²) in [6.45, 7) is 10.1. The van der Waals surface area contributed by atoms with Gasteiger partial charge >= 0.3 is 0 Å². The summed E-state index contributed by atoms with van der Waals surface area (Å²) in [6.07, 6.45) is 6.49. The molecule has 0 aromatic carbocycles. The molecule has 2 N–H and O–H groups in total. The van der Waals surface area contributed by atoms with Crippen LogP contribution in [0.1, 0.15) is 52.9 Å². The molecule has 0 aliphatic heterocycles. The Hall–Kier alpha value is -0.0800. The SMILES string of the molecule is CCCCNCCCC.CCCNC. The van der Waals surface area contributed by atoms with Gasteiger partial charge in [0.1, 0.15) is 0 Å². The Morgan fingerprint density at radius 3 is 1.43 bits per heavy atom. The molecule has 0 aliphatic carbocycles. The molecule has 0 aromatic rings. The molecule has 2 heteroatoms. The molecule has 0 saturated heterocycles. The average molecular weight is 202 g/mol. The molecule has 0 heterocycles. The fraction of sp³-hybridized carbons (Fsp3) is 1.00. The van der Waals surface area contributed by atoms with Gasteiger partial charge in [-0.2, -0.15) is 0 Å². The van der Waals surface area contributed by atoms with Crippen molar-refractivity contribution >= 4 is 0 Å². The van der Waals surface area contributed by atoms with Crippen LogP contribution in [0, 0.1) is 0 Å². The van der Waals surface area contributed by atoms with E-state index < -0.39 is 0 Å². The van der Waals surface area contributed by atoms with Crippen LogP contribution in [0.4, 0.5) is 0 Å². The second kappa shape index (κ2) is 18.7. The monoisotopic (exact) mass is 202 g/mol. The first kappa shape index (κ1) is 16.4. The van der Waals surface area contributed by atoms with E-state index in [0.29, 0.717) is 0 Å². The van der Waals surface area contributed by atoms with Gasteiger partial charge in [-0.25, -0.2) is 0 Å². The van der Waals surface area contributed by atoms with E-state index in [1.54, 1.807) is 0 Å². The lowest BCUT2D eigenvalue weighted by Gasteiger charge is -1.99. The average Bonchev–Trinajstić information content (AvgIpc) is 2.20. The zero-order valence-electron chi connectivity index (χ0n) is 10.7. The van der Waals surface area contributed by atoms with Crippen molar-refractivity contribution in [2.45, 2.75) is 52.9 Å². The molecule has 0 unspecified atom stereocenters. The van der Waals surface area contributed by atoms with E-state index in [2.05, 4.69) is 31.4 Å². The number of nitrogens with one attached hydrogen (secondary N) is 2. The minimum Gasteiger partial charge on any atom is -0.320 e. The van der Waals surface area contributed by atoms with Crippen LogP contribution in [-0.4, -0.2) is 26.7 Å². The summed E-state index contributed by atoms with van der Waals surface area (Å²) in [6, 6.07) is 0. The second-order valence-corrected chi connectivity index (χ2v) is 3.56. The Morgan fingerprint density at radius 2 is 1.21 bits per heavy atom. The van der Waals surface area contributed by atoms with E-state index in [9.17, 15) is 0 Å². The third-order valence-electron chi connectivity index (χ3n) is 1.91. The lowest BCUT2D eigenvalue weighted by atomic mass is 10.3. The van der Waals surface area contributed by atoms with Crippen molar-refractivity contribution in [1.29, 1.82) is 0 Å². The minimum atomic E-state index is 1.14. The van der Waals surface area contributed by atoms with Crippen molar-refractivity contribution in [2.75, 3.05) is 26.7 Å². The molecule has 0 amide bonds. The molecular weight excluding hydrogens is 172 g/mol. The summed E-state index contributed by atoms with van der Waals surface area (Å²) in [4.78, 5) is 0. The zero-order valence-corrected chi connectivity index (χ0v) is 10.7. The Morgan fingerprint density at radius 1 is 0.714 bits per heavy atom. The maximum absolute atomic E-state index is 3.39. The maximum atomic E-state index is 3.39. The van der Waals surface area contributed by atoms with E-state index in [1.807, 2.05) is 7.05 Å². The molecule has 0 spiro atoms. The molecule has 0 saturated carbocycles. The Labute approximate surface area is 90.9 Å². The predicted molar refractivity (Wildman–Crippen MR) is 66.9 cm³/mol. The molecule has 0 radical (unpaired) electrons. The Bertz CT molecular complexity index is 66.7. The lowest BCUT2D eigenvalue weighted by molar-refractivity contribution is 0.611. The molecule has 0 fully saturated rings. The highest BCUT2D eigenvalue weighted by molar-refractivity contribution is 4.45. The van der Waals surface area contributed by atoms with Gasteiger partial charge in [0, 0.05) is 0 Å². The number of rotatable bonds is 8. The van der Waals surface area contributed by atoms with Gasteiger partial charge in [0.05, 0.1) is 0 Å². The molecule has 2 nitrogen and oxygen atoms in total. The smallest absolute Gasteiger partial charge is 0.00490 e. The van der Waals surface area contributed by atoms with Crippen LogP contribution in [0.5, 0.6) is 0 Å². The summed E-state index contributed by atoms with van der Waals surface area (Å²) < 4.78 is 0. The van der Waals surface area contributed by atoms with Crippen LogP contribution >= 0.6 is 0 Å². The molecule has 14 heavy (non-hydrogen) atoms. The van der Waals surface area contributed by atoms with E-state index in [1.165, 1.54) is 45.2 Å². The highest BCUT2D eigenvalue weighted by Crippen LogP contribution is 1.85. The minimum absolute atomic E-state index is 1.14. The van der Waals surface area contributed by atoms with Gasteiger partial charge in [-0.3, -0.25) is 0 Å². The van der Waals surface area contributed by atoms with Crippen molar-refractivity contribution in [3.8, 4) is 0 Å². The standard InChI is InChI=1S/C8H19N.C4H11N/c1-3-5-7-9-8-6-4-2;1-3-4-5-2/h9H,3-8H2,1-2H3;5H,3-4H2,1-2H3. The van der Waals surface area contributed by atoms with Crippen LogP contribution in [-0.2, 0) is 0 Å². The highest BCUT2D eigenvalue weighted by Gasteiger charge is 1.83. The van der Waals surface area contributed by atoms with E-state index in [4.69, 9.17) is 0 Å². The third kappa shape index (κ3) is 22.7. The lowest BCUT2D eigenvalue weighted by Crippen LogP contribution is -2.15. The first-order valence-electron chi connectivity index (χ1n) is 6.18. The van der Waals surface area contributed by atoms with Crippen molar-refractivity contribution in [3.63, 3.8) is 0 Å². The molecule has 0 rings (SSSR count). The Balaban J connectivity index is 0. The summed E-state index contributed by atoms with van der Waals surface area (Å²) in [5, 5.41) is 6.40. The van der Waals surface area contributed by atoms with Crippen molar-refractivity contribution < 1.29 is 0 Å². The van der Waals surface area contributed by atoms with Gasteiger partial charge in [0.25, 0.3) is 0 Å². The van der Waals surface area contributed by atoms with Crippen LogP contribution in [0.2, 0.25) is 0 Å². The quantitative estimate of drug-likeness (QED) is 0.591. The van der Waals surface area contributed by atoms with Crippen LogP contribution in [0.3, 0.4) is 0 Å². The van der Waals surface area contributed by atoms with Gasteiger partial charge in [-0.05, 0) is 45.9 Å². The summed E-state index contributed by atoms with van der Waals surface area (Å²) in [5.41, 5.74) is 0. The topological polar surface area (TPSA) is 24.1 Å².